The van der Waals surface area contributed by atoms with Crippen LogP contribution in [0.4, 0.5) is 0 Å². The van der Waals surface area contributed by atoms with Gasteiger partial charge in [-0.05, 0) is 42.3 Å². The number of nitrogens with zero attached hydrogens (tertiary/aromatic N) is 2. The van der Waals surface area contributed by atoms with Crippen LogP contribution in [0.5, 0.6) is 0 Å². The first-order chi connectivity index (χ1) is 14.0. The SMILES string of the molecule is CCCS(=O)(=O)N1C[C@H]2C[C@H](C1)c1c(-c3cc4ccccc4s3)ccc(=O)n1C2. The van der Waals surface area contributed by atoms with Crippen LogP contribution in [-0.2, 0) is 16.6 Å². The molecule has 3 aromatic rings. The number of sulfonamides is 1. The molecule has 2 bridgehead atoms. The number of pyridine rings is 1. The second-order valence-corrected chi connectivity index (χ2v) is 11.3. The van der Waals surface area contributed by atoms with Crippen LogP contribution in [0.2, 0.25) is 0 Å². The summed E-state index contributed by atoms with van der Waals surface area (Å²) in [6, 6.07) is 14.1. The molecule has 152 valence electrons. The molecule has 1 aromatic carbocycles. The Morgan fingerprint density at radius 3 is 2.72 bits per heavy atom. The molecule has 1 fully saturated rings. The van der Waals surface area contributed by atoms with E-state index in [0.29, 0.717) is 26.1 Å². The van der Waals surface area contributed by atoms with Crippen LogP contribution in [0.1, 0.15) is 31.4 Å². The molecule has 1 saturated heterocycles. The molecule has 0 aliphatic carbocycles. The van der Waals surface area contributed by atoms with Gasteiger partial charge in [-0.2, -0.15) is 0 Å². The van der Waals surface area contributed by atoms with E-state index in [1.807, 2.05) is 29.7 Å². The zero-order valence-electron chi connectivity index (χ0n) is 16.4. The molecule has 0 saturated carbocycles. The summed E-state index contributed by atoms with van der Waals surface area (Å²) in [7, 11) is -3.24. The second-order valence-electron chi connectivity index (χ2n) is 8.16. The molecule has 7 heteroatoms. The van der Waals surface area contributed by atoms with Gasteiger partial charge in [0.2, 0.25) is 10.0 Å². The van der Waals surface area contributed by atoms with Gasteiger partial charge < -0.3 is 4.57 Å². The molecule has 2 atom stereocenters. The van der Waals surface area contributed by atoms with Crippen molar-refractivity contribution in [3.8, 4) is 10.4 Å². The van der Waals surface area contributed by atoms with E-state index in [1.54, 1.807) is 21.7 Å². The third-order valence-corrected chi connectivity index (χ3v) is 9.26. The third kappa shape index (κ3) is 3.25. The highest BCUT2D eigenvalue weighted by atomic mass is 32.2. The van der Waals surface area contributed by atoms with E-state index in [-0.39, 0.29) is 23.1 Å². The first-order valence-corrected chi connectivity index (χ1v) is 12.6. The minimum absolute atomic E-state index is 0.0180. The molecule has 0 spiro atoms. The van der Waals surface area contributed by atoms with Crippen molar-refractivity contribution in [1.29, 1.82) is 0 Å². The zero-order valence-corrected chi connectivity index (χ0v) is 18.0. The van der Waals surface area contributed by atoms with Gasteiger partial charge in [-0.1, -0.05) is 25.1 Å². The average Bonchev–Trinajstić information content (AvgIpc) is 3.12. The van der Waals surface area contributed by atoms with E-state index in [4.69, 9.17) is 0 Å². The number of rotatable bonds is 4. The Labute approximate surface area is 174 Å². The van der Waals surface area contributed by atoms with Gasteiger partial charge in [0, 0.05) is 52.5 Å². The van der Waals surface area contributed by atoms with E-state index < -0.39 is 10.0 Å². The molecule has 0 radical (unpaired) electrons. The highest BCUT2D eigenvalue weighted by Gasteiger charge is 2.40. The van der Waals surface area contributed by atoms with Crippen LogP contribution < -0.4 is 5.56 Å². The molecule has 29 heavy (non-hydrogen) atoms. The predicted octanol–water partition coefficient (Wildman–Crippen LogP) is 3.89. The van der Waals surface area contributed by atoms with Gasteiger partial charge in [-0.15, -0.1) is 11.3 Å². The highest BCUT2D eigenvalue weighted by molar-refractivity contribution is 7.89. The van der Waals surface area contributed by atoms with Crippen LogP contribution >= 0.6 is 11.3 Å². The standard InChI is InChI=1S/C22H24N2O3S2/c1-2-9-29(26,27)23-12-15-10-17(14-23)22-18(7-8-21(25)24(22)13-15)20-11-16-5-3-4-6-19(16)28-20/h3-8,11,15,17H,2,9-10,12-14H2,1H3/t15-,17-/m1/s1. The van der Waals surface area contributed by atoms with Crippen LogP contribution in [0, 0.1) is 5.92 Å². The molecule has 0 amide bonds. The molecule has 2 aliphatic rings. The Hall–Kier alpha value is -1.96. The first-order valence-electron chi connectivity index (χ1n) is 10.2. The topological polar surface area (TPSA) is 59.4 Å². The lowest BCUT2D eigenvalue weighted by Crippen LogP contribution is -2.49. The van der Waals surface area contributed by atoms with Crippen molar-refractivity contribution in [2.45, 2.75) is 32.2 Å². The highest BCUT2D eigenvalue weighted by Crippen LogP contribution is 2.43. The summed E-state index contributed by atoms with van der Waals surface area (Å²) in [5.41, 5.74) is 2.10. The Kier molecular flexibility index (Phi) is 4.64. The van der Waals surface area contributed by atoms with Crippen molar-refractivity contribution in [3.63, 3.8) is 0 Å². The quantitative estimate of drug-likeness (QED) is 0.633. The lowest BCUT2D eigenvalue weighted by atomic mass is 9.82. The van der Waals surface area contributed by atoms with E-state index in [9.17, 15) is 13.2 Å². The molecule has 4 heterocycles. The van der Waals surface area contributed by atoms with Gasteiger partial charge in [0.15, 0.2) is 0 Å². The Bertz CT molecular complexity index is 1210. The number of hydrogen-bond donors (Lipinski definition) is 0. The Balaban J connectivity index is 1.62. The monoisotopic (exact) mass is 428 g/mol. The van der Waals surface area contributed by atoms with Crippen molar-refractivity contribution < 1.29 is 8.42 Å². The summed E-state index contributed by atoms with van der Waals surface area (Å²) in [5.74, 6) is 0.448. The molecule has 0 N–H and O–H groups in total. The maximum Gasteiger partial charge on any atom is 0.250 e. The third-order valence-electron chi connectivity index (χ3n) is 6.10. The van der Waals surface area contributed by atoms with Gasteiger partial charge in [-0.3, -0.25) is 4.79 Å². The van der Waals surface area contributed by atoms with E-state index in [1.165, 1.54) is 10.1 Å². The number of fused-ring (bicyclic) bond motifs is 5. The average molecular weight is 429 g/mol. The fourth-order valence-corrected chi connectivity index (χ4v) is 7.62. The summed E-state index contributed by atoms with van der Waals surface area (Å²) < 4.78 is 30.3. The van der Waals surface area contributed by atoms with Crippen LogP contribution in [0.3, 0.4) is 0 Å². The summed E-state index contributed by atoms with van der Waals surface area (Å²) in [4.78, 5) is 13.8. The number of piperidine rings is 1. The van der Waals surface area contributed by atoms with E-state index >= 15 is 0 Å². The fraction of sp³-hybridized carbons (Fsp3) is 0.409. The minimum Gasteiger partial charge on any atom is -0.311 e. The van der Waals surface area contributed by atoms with Crippen LogP contribution in [0.15, 0.2) is 47.3 Å². The summed E-state index contributed by atoms with van der Waals surface area (Å²) in [5, 5.41) is 1.20. The summed E-state index contributed by atoms with van der Waals surface area (Å²) in [6.07, 6.45) is 1.57. The van der Waals surface area contributed by atoms with Crippen molar-refractivity contribution >= 4 is 31.4 Å². The molecule has 5 rings (SSSR count). The first kappa shape index (κ1) is 19.0. The molecule has 2 aliphatic heterocycles. The van der Waals surface area contributed by atoms with Crippen LogP contribution in [0.25, 0.3) is 20.5 Å². The zero-order chi connectivity index (χ0) is 20.2. The molecule has 2 aromatic heterocycles. The largest absolute Gasteiger partial charge is 0.311 e. The summed E-state index contributed by atoms with van der Waals surface area (Å²) in [6.45, 7) is 3.50. The van der Waals surface area contributed by atoms with E-state index in [2.05, 4.69) is 18.2 Å². The Morgan fingerprint density at radius 2 is 1.93 bits per heavy atom. The van der Waals surface area contributed by atoms with Gasteiger partial charge in [0.1, 0.15) is 0 Å². The maximum atomic E-state index is 12.7. The number of aromatic nitrogens is 1. The van der Waals surface area contributed by atoms with Crippen molar-refractivity contribution in [2.24, 2.45) is 5.92 Å². The fourth-order valence-electron chi connectivity index (χ4n) is 4.91. The molecular formula is C22H24N2O3S2. The number of thiophene rings is 1. The van der Waals surface area contributed by atoms with Crippen molar-refractivity contribution in [1.82, 2.24) is 8.87 Å². The molecule has 0 unspecified atom stereocenters. The lowest BCUT2D eigenvalue weighted by Gasteiger charge is -2.42. The van der Waals surface area contributed by atoms with Gasteiger partial charge >= 0.3 is 0 Å². The van der Waals surface area contributed by atoms with E-state index in [0.717, 1.165) is 22.6 Å². The lowest BCUT2D eigenvalue weighted by molar-refractivity contribution is 0.187. The van der Waals surface area contributed by atoms with Gasteiger partial charge in [0.05, 0.1) is 5.75 Å². The maximum absolute atomic E-state index is 12.7. The number of benzene rings is 1. The second kappa shape index (κ2) is 7.07. The van der Waals surface area contributed by atoms with Crippen molar-refractivity contribution in [3.05, 3.63) is 58.5 Å². The normalized spacial score (nSPS) is 22.0. The van der Waals surface area contributed by atoms with Crippen LogP contribution in [-0.4, -0.2) is 36.1 Å². The number of hydrogen-bond acceptors (Lipinski definition) is 4. The minimum atomic E-state index is -3.24. The molecular weight excluding hydrogens is 404 g/mol. The van der Waals surface area contributed by atoms with Crippen molar-refractivity contribution in [2.75, 3.05) is 18.8 Å². The summed E-state index contributed by atoms with van der Waals surface area (Å²) >= 11 is 1.73. The predicted molar refractivity (Wildman–Crippen MR) is 118 cm³/mol. The smallest absolute Gasteiger partial charge is 0.250 e. The molecule has 5 nitrogen and oxygen atoms in total. The Morgan fingerprint density at radius 1 is 1.10 bits per heavy atom. The van der Waals surface area contributed by atoms with Gasteiger partial charge in [-0.25, -0.2) is 12.7 Å². The van der Waals surface area contributed by atoms with Gasteiger partial charge in [0.25, 0.3) is 5.56 Å².